The molecular weight excluding hydrogens is 405 g/mol. The molecule has 1 saturated heterocycles. The number of hydrogen-bond donors (Lipinski definition) is 0. The minimum atomic E-state index is -4.37. The van der Waals surface area contributed by atoms with Gasteiger partial charge in [0.05, 0.1) is 5.56 Å². The predicted molar refractivity (Wildman–Crippen MR) is 107 cm³/mol. The van der Waals surface area contributed by atoms with E-state index in [0.29, 0.717) is 42.6 Å². The fraction of sp³-hybridized carbons (Fsp3) is 0.381. The lowest BCUT2D eigenvalue weighted by Gasteiger charge is -2.37. The molecule has 1 aliphatic heterocycles. The van der Waals surface area contributed by atoms with Crippen LogP contribution in [0.2, 0.25) is 5.02 Å². The lowest BCUT2D eigenvalue weighted by atomic mass is 10.1. The van der Waals surface area contributed by atoms with Gasteiger partial charge in [0.1, 0.15) is 5.75 Å². The summed E-state index contributed by atoms with van der Waals surface area (Å²) in [4.78, 5) is 16.2. The zero-order chi connectivity index (χ0) is 21.2. The van der Waals surface area contributed by atoms with Crippen LogP contribution >= 0.6 is 11.6 Å². The number of hydrogen-bond acceptors (Lipinski definition) is 3. The molecule has 0 unspecified atom stereocenters. The van der Waals surface area contributed by atoms with Gasteiger partial charge in [-0.3, -0.25) is 4.79 Å². The van der Waals surface area contributed by atoms with E-state index in [1.807, 2.05) is 11.8 Å². The van der Waals surface area contributed by atoms with Gasteiger partial charge >= 0.3 is 6.18 Å². The molecule has 0 aliphatic carbocycles. The second kappa shape index (κ2) is 8.53. The molecule has 29 heavy (non-hydrogen) atoms. The summed E-state index contributed by atoms with van der Waals surface area (Å²) in [5, 5.41) is 0.627. The van der Waals surface area contributed by atoms with E-state index in [2.05, 4.69) is 0 Å². The Bertz CT molecular complexity index is 880. The van der Waals surface area contributed by atoms with Gasteiger partial charge < -0.3 is 14.5 Å². The number of carbonyl (C=O) groups is 1. The van der Waals surface area contributed by atoms with E-state index in [1.165, 1.54) is 6.07 Å². The fourth-order valence-corrected chi connectivity index (χ4v) is 3.38. The summed E-state index contributed by atoms with van der Waals surface area (Å²) >= 11 is 6.00. The van der Waals surface area contributed by atoms with Crippen molar-refractivity contribution in [2.24, 2.45) is 0 Å². The molecule has 1 atom stereocenters. The summed E-state index contributed by atoms with van der Waals surface area (Å²) in [5.41, 5.74) is 0.695. The van der Waals surface area contributed by atoms with E-state index in [4.69, 9.17) is 16.3 Å². The molecule has 0 bridgehead atoms. The Labute approximate surface area is 172 Å². The summed E-state index contributed by atoms with van der Waals surface area (Å²) in [5.74, 6) is 0.414. The standard InChI is InChI=1S/C21H22ClF3N2O2/c1-14-12-18(6-7-19(14)22)29-15(2)20(28)27-10-8-26(9-11-27)17-5-3-4-16(13-17)21(23,24)25/h3-7,12-13,15H,8-11H2,1-2H3/t15-/m0/s1. The highest BCUT2D eigenvalue weighted by atomic mass is 35.5. The molecule has 4 nitrogen and oxygen atoms in total. The predicted octanol–water partition coefficient (Wildman–Crippen LogP) is 4.78. The van der Waals surface area contributed by atoms with Crippen molar-refractivity contribution in [1.82, 2.24) is 4.90 Å². The average Bonchev–Trinajstić information content (AvgIpc) is 2.70. The molecule has 2 aromatic rings. The van der Waals surface area contributed by atoms with E-state index >= 15 is 0 Å². The first kappa shape index (κ1) is 21.3. The second-order valence-corrected chi connectivity index (χ2v) is 7.44. The van der Waals surface area contributed by atoms with Crippen LogP contribution in [0.15, 0.2) is 42.5 Å². The Balaban J connectivity index is 1.58. The number of aryl methyl sites for hydroxylation is 1. The molecule has 8 heteroatoms. The first-order valence-electron chi connectivity index (χ1n) is 9.29. The Hall–Kier alpha value is -2.41. The zero-order valence-corrected chi connectivity index (χ0v) is 16.9. The molecule has 1 fully saturated rings. The molecule has 0 aromatic heterocycles. The van der Waals surface area contributed by atoms with Crippen molar-refractivity contribution in [2.75, 3.05) is 31.1 Å². The van der Waals surface area contributed by atoms with Gasteiger partial charge in [-0.25, -0.2) is 0 Å². The Morgan fingerprint density at radius 1 is 1.10 bits per heavy atom. The van der Waals surface area contributed by atoms with Crippen molar-refractivity contribution in [2.45, 2.75) is 26.1 Å². The molecule has 0 spiro atoms. The van der Waals surface area contributed by atoms with Crippen LogP contribution in [0, 0.1) is 6.92 Å². The highest BCUT2D eigenvalue weighted by Gasteiger charge is 2.31. The maximum Gasteiger partial charge on any atom is 0.416 e. The normalized spacial score (nSPS) is 15.9. The number of piperazine rings is 1. The van der Waals surface area contributed by atoms with Gasteiger partial charge in [-0.2, -0.15) is 13.2 Å². The van der Waals surface area contributed by atoms with Crippen LogP contribution in [-0.4, -0.2) is 43.1 Å². The second-order valence-electron chi connectivity index (χ2n) is 7.03. The van der Waals surface area contributed by atoms with Crippen molar-refractivity contribution in [3.05, 3.63) is 58.6 Å². The summed E-state index contributed by atoms with van der Waals surface area (Å²) in [6, 6.07) is 10.5. The number of halogens is 4. The van der Waals surface area contributed by atoms with Crippen molar-refractivity contribution in [3.8, 4) is 5.75 Å². The minimum Gasteiger partial charge on any atom is -0.481 e. The number of nitrogens with zero attached hydrogens (tertiary/aromatic N) is 2. The Morgan fingerprint density at radius 2 is 1.79 bits per heavy atom. The van der Waals surface area contributed by atoms with Crippen LogP contribution in [-0.2, 0) is 11.0 Å². The topological polar surface area (TPSA) is 32.8 Å². The average molecular weight is 427 g/mol. The van der Waals surface area contributed by atoms with Crippen LogP contribution in [0.5, 0.6) is 5.75 Å². The van der Waals surface area contributed by atoms with E-state index < -0.39 is 17.8 Å². The monoisotopic (exact) mass is 426 g/mol. The smallest absolute Gasteiger partial charge is 0.416 e. The highest BCUT2D eigenvalue weighted by molar-refractivity contribution is 6.31. The van der Waals surface area contributed by atoms with E-state index in [0.717, 1.165) is 17.7 Å². The van der Waals surface area contributed by atoms with Gasteiger partial charge in [0.2, 0.25) is 0 Å². The van der Waals surface area contributed by atoms with Gasteiger partial charge in [-0.15, -0.1) is 0 Å². The summed E-state index contributed by atoms with van der Waals surface area (Å²) in [7, 11) is 0. The molecule has 2 aromatic carbocycles. The molecule has 0 radical (unpaired) electrons. The SMILES string of the molecule is Cc1cc(O[C@@H](C)C(=O)N2CCN(c3cccc(C(F)(F)F)c3)CC2)ccc1Cl. The molecule has 0 N–H and O–H groups in total. The maximum absolute atomic E-state index is 12.9. The quantitative estimate of drug-likeness (QED) is 0.705. The number of ether oxygens (including phenoxy) is 1. The molecule has 156 valence electrons. The number of amides is 1. The van der Waals surface area contributed by atoms with Crippen LogP contribution in [0.4, 0.5) is 18.9 Å². The molecule has 1 amide bonds. The van der Waals surface area contributed by atoms with Crippen LogP contribution in [0.3, 0.4) is 0 Å². The summed E-state index contributed by atoms with van der Waals surface area (Å²) < 4.78 is 44.5. The molecule has 0 saturated carbocycles. The largest absolute Gasteiger partial charge is 0.481 e. The molecule has 1 aliphatic rings. The summed E-state index contributed by atoms with van der Waals surface area (Å²) in [6.07, 6.45) is -5.05. The number of anilines is 1. The zero-order valence-electron chi connectivity index (χ0n) is 16.2. The Kier molecular flexibility index (Phi) is 6.27. The third-order valence-electron chi connectivity index (χ3n) is 4.92. The molecule has 1 heterocycles. The van der Waals surface area contributed by atoms with Crippen LogP contribution in [0.1, 0.15) is 18.1 Å². The molecular formula is C21H22ClF3N2O2. The highest BCUT2D eigenvalue weighted by Crippen LogP contribution is 2.32. The Morgan fingerprint density at radius 3 is 2.41 bits per heavy atom. The van der Waals surface area contributed by atoms with Crippen molar-refractivity contribution < 1.29 is 22.7 Å². The first-order chi connectivity index (χ1) is 13.6. The lowest BCUT2D eigenvalue weighted by Crippen LogP contribution is -2.52. The number of rotatable bonds is 4. The van der Waals surface area contributed by atoms with Gasteiger partial charge in [-0.05, 0) is 55.8 Å². The van der Waals surface area contributed by atoms with E-state index in [9.17, 15) is 18.0 Å². The third-order valence-corrected chi connectivity index (χ3v) is 5.34. The molecule has 3 rings (SSSR count). The van der Waals surface area contributed by atoms with Gasteiger partial charge in [0, 0.05) is 36.9 Å². The lowest BCUT2D eigenvalue weighted by molar-refractivity contribution is -0.138. The minimum absolute atomic E-state index is 0.152. The van der Waals surface area contributed by atoms with Gasteiger partial charge in [0.25, 0.3) is 5.91 Å². The summed E-state index contributed by atoms with van der Waals surface area (Å²) in [6.45, 7) is 5.30. The fourth-order valence-electron chi connectivity index (χ4n) is 3.27. The van der Waals surface area contributed by atoms with Crippen molar-refractivity contribution >= 4 is 23.2 Å². The van der Waals surface area contributed by atoms with Crippen molar-refractivity contribution in [3.63, 3.8) is 0 Å². The van der Waals surface area contributed by atoms with E-state index in [-0.39, 0.29) is 5.91 Å². The number of carbonyl (C=O) groups excluding carboxylic acids is 1. The van der Waals surface area contributed by atoms with Gasteiger partial charge in [-0.1, -0.05) is 17.7 Å². The van der Waals surface area contributed by atoms with Crippen LogP contribution in [0.25, 0.3) is 0 Å². The number of benzene rings is 2. The maximum atomic E-state index is 12.9. The van der Waals surface area contributed by atoms with Crippen LogP contribution < -0.4 is 9.64 Å². The third kappa shape index (κ3) is 5.15. The first-order valence-corrected chi connectivity index (χ1v) is 9.67. The van der Waals surface area contributed by atoms with Crippen molar-refractivity contribution in [1.29, 1.82) is 0 Å². The van der Waals surface area contributed by atoms with E-state index in [1.54, 1.807) is 36.1 Å². The van der Waals surface area contributed by atoms with Gasteiger partial charge in [0.15, 0.2) is 6.10 Å². The number of alkyl halides is 3.